The summed E-state index contributed by atoms with van der Waals surface area (Å²) >= 11 is 5.06. The Morgan fingerprint density at radius 1 is 1.38 bits per heavy atom. The van der Waals surface area contributed by atoms with Crippen LogP contribution in [0.5, 0.6) is 0 Å². The molecule has 2 nitrogen and oxygen atoms in total. The van der Waals surface area contributed by atoms with E-state index in [0.29, 0.717) is 6.29 Å². The molecule has 0 atom stereocenters. The van der Waals surface area contributed by atoms with Gasteiger partial charge in [0.1, 0.15) is 6.29 Å². The minimum Gasteiger partial charge on any atom is -0.298 e. The fourth-order valence-corrected chi connectivity index (χ4v) is 1.56. The molecule has 0 radical (unpaired) electrons. The summed E-state index contributed by atoms with van der Waals surface area (Å²) in [6.07, 6.45) is -4.32. The Bertz CT molecular complexity index is 452. The topological polar surface area (TPSA) is 34.1 Å². The fourth-order valence-electron chi connectivity index (χ4n) is 1.41. The molecule has 86 valence electrons. The fraction of sp³-hybridized carbons (Fsp3) is 0.200. The predicted octanol–water partition coefficient (Wildman–Crippen LogP) is 3.21. The molecule has 0 unspecified atom stereocenters. The zero-order valence-electron chi connectivity index (χ0n) is 8.06. The van der Waals surface area contributed by atoms with Crippen molar-refractivity contribution < 1.29 is 22.8 Å². The molecule has 0 saturated carbocycles. The Morgan fingerprint density at radius 2 is 1.94 bits per heavy atom. The minimum absolute atomic E-state index is 0.0190. The lowest BCUT2D eigenvalue weighted by Gasteiger charge is -2.13. The van der Waals surface area contributed by atoms with E-state index in [4.69, 9.17) is 11.6 Å². The molecule has 1 aromatic rings. The molecule has 6 heteroatoms. The van der Waals surface area contributed by atoms with Gasteiger partial charge in [-0.3, -0.25) is 9.59 Å². The lowest BCUT2D eigenvalue weighted by Crippen LogP contribution is -2.14. The summed E-state index contributed by atoms with van der Waals surface area (Å²) in [4.78, 5) is 21.3. The summed E-state index contributed by atoms with van der Waals surface area (Å²) in [5.41, 5.74) is -2.02. The van der Waals surface area contributed by atoms with Crippen LogP contribution in [0.4, 0.5) is 13.2 Å². The van der Waals surface area contributed by atoms with Crippen molar-refractivity contribution in [1.29, 1.82) is 0 Å². The van der Waals surface area contributed by atoms with E-state index in [2.05, 4.69) is 0 Å². The highest BCUT2D eigenvalue weighted by Crippen LogP contribution is 2.35. The second kappa shape index (κ2) is 4.25. The maximum Gasteiger partial charge on any atom is 0.417 e. The summed E-state index contributed by atoms with van der Waals surface area (Å²) in [5, 5.41) is -1.24. The molecule has 1 aromatic carbocycles. The molecule has 0 heterocycles. The van der Waals surface area contributed by atoms with Crippen LogP contribution in [0.15, 0.2) is 12.1 Å². The zero-order valence-corrected chi connectivity index (χ0v) is 8.82. The van der Waals surface area contributed by atoms with Crippen molar-refractivity contribution in [3.63, 3.8) is 0 Å². The standard InChI is InChI=1S/C10H6ClF3O2/c1-5-2-6(4-15)3-7(9(11)16)8(5)10(12,13)14/h2-4H,1H3. The second-order valence-electron chi connectivity index (χ2n) is 3.15. The maximum absolute atomic E-state index is 12.6. The van der Waals surface area contributed by atoms with E-state index in [9.17, 15) is 22.8 Å². The number of benzene rings is 1. The summed E-state index contributed by atoms with van der Waals surface area (Å²) in [6.45, 7) is 1.17. The lowest BCUT2D eigenvalue weighted by atomic mass is 9.99. The van der Waals surface area contributed by atoms with Crippen LogP contribution in [0, 0.1) is 6.92 Å². The minimum atomic E-state index is -4.68. The van der Waals surface area contributed by atoms with E-state index in [1.165, 1.54) is 6.92 Å². The van der Waals surface area contributed by atoms with E-state index in [1.54, 1.807) is 0 Å². The largest absolute Gasteiger partial charge is 0.417 e. The Kier molecular flexibility index (Phi) is 3.38. The van der Waals surface area contributed by atoms with Crippen LogP contribution in [-0.4, -0.2) is 11.5 Å². The molecular weight excluding hydrogens is 245 g/mol. The number of carbonyl (C=O) groups is 2. The quantitative estimate of drug-likeness (QED) is 0.597. The van der Waals surface area contributed by atoms with Gasteiger partial charge in [-0.05, 0) is 36.2 Å². The summed E-state index contributed by atoms with van der Waals surface area (Å²) in [7, 11) is 0. The molecule has 0 aliphatic rings. The highest BCUT2D eigenvalue weighted by atomic mass is 35.5. The molecule has 0 aromatic heterocycles. The van der Waals surface area contributed by atoms with Gasteiger partial charge in [0.2, 0.25) is 0 Å². The Hall–Kier alpha value is -1.36. The summed E-state index contributed by atoms with van der Waals surface area (Å²) in [6, 6.07) is 1.89. The van der Waals surface area contributed by atoms with Crippen LogP contribution in [0.25, 0.3) is 0 Å². The highest BCUT2D eigenvalue weighted by Gasteiger charge is 2.36. The first-order valence-corrected chi connectivity index (χ1v) is 4.52. The second-order valence-corrected chi connectivity index (χ2v) is 3.49. The summed E-state index contributed by atoms with van der Waals surface area (Å²) < 4.78 is 37.8. The SMILES string of the molecule is Cc1cc(C=O)cc(C(=O)Cl)c1C(F)(F)F. The third-order valence-corrected chi connectivity index (χ3v) is 2.19. The first-order chi connectivity index (χ1) is 7.27. The van der Waals surface area contributed by atoms with Crippen molar-refractivity contribution in [2.24, 2.45) is 0 Å². The van der Waals surface area contributed by atoms with Crippen LogP contribution in [0.2, 0.25) is 0 Å². The normalized spacial score (nSPS) is 11.3. The molecule has 0 bridgehead atoms. The number of rotatable bonds is 2. The van der Waals surface area contributed by atoms with Gasteiger partial charge in [0.05, 0.1) is 5.56 Å². The van der Waals surface area contributed by atoms with Crippen molar-refractivity contribution in [3.05, 3.63) is 34.4 Å². The van der Waals surface area contributed by atoms with Gasteiger partial charge in [-0.25, -0.2) is 0 Å². The van der Waals surface area contributed by atoms with Crippen molar-refractivity contribution >= 4 is 23.1 Å². The third kappa shape index (κ3) is 2.41. The van der Waals surface area contributed by atoms with Crippen LogP contribution < -0.4 is 0 Å². The van der Waals surface area contributed by atoms with E-state index in [0.717, 1.165) is 12.1 Å². The first kappa shape index (κ1) is 12.7. The Labute approximate surface area is 94.0 Å². The van der Waals surface area contributed by atoms with Gasteiger partial charge >= 0.3 is 6.18 Å². The predicted molar refractivity (Wildman–Crippen MR) is 51.8 cm³/mol. The zero-order chi connectivity index (χ0) is 12.5. The van der Waals surface area contributed by atoms with Gasteiger partial charge in [0, 0.05) is 11.1 Å². The average molecular weight is 251 g/mol. The van der Waals surface area contributed by atoms with Crippen LogP contribution >= 0.6 is 11.6 Å². The molecule has 0 aliphatic heterocycles. The van der Waals surface area contributed by atoms with Crippen LogP contribution in [-0.2, 0) is 6.18 Å². The molecule has 0 fully saturated rings. The van der Waals surface area contributed by atoms with E-state index in [-0.39, 0.29) is 11.1 Å². The monoisotopic (exact) mass is 250 g/mol. The van der Waals surface area contributed by atoms with Crippen molar-refractivity contribution in [1.82, 2.24) is 0 Å². The molecule has 0 N–H and O–H groups in total. The number of alkyl halides is 3. The van der Waals surface area contributed by atoms with Gasteiger partial charge in [0.25, 0.3) is 5.24 Å². The molecule has 16 heavy (non-hydrogen) atoms. The Morgan fingerprint density at radius 3 is 2.31 bits per heavy atom. The van der Waals surface area contributed by atoms with Crippen molar-refractivity contribution in [2.75, 3.05) is 0 Å². The Balaban J connectivity index is 3.59. The summed E-state index contributed by atoms with van der Waals surface area (Å²) in [5.74, 6) is 0. The van der Waals surface area contributed by atoms with Gasteiger partial charge in [0.15, 0.2) is 0 Å². The van der Waals surface area contributed by atoms with Crippen molar-refractivity contribution in [2.45, 2.75) is 13.1 Å². The van der Waals surface area contributed by atoms with Gasteiger partial charge < -0.3 is 0 Å². The molecule has 0 saturated heterocycles. The highest BCUT2D eigenvalue weighted by molar-refractivity contribution is 6.68. The van der Waals surface area contributed by atoms with Gasteiger partial charge in [-0.15, -0.1) is 0 Å². The maximum atomic E-state index is 12.6. The van der Waals surface area contributed by atoms with E-state index in [1.807, 2.05) is 0 Å². The van der Waals surface area contributed by atoms with Crippen LogP contribution in [0.1, 0.15) is 31.8 Å². The molecule has 1 rings (SSSR count). The third-order valence-electron chi connectivity index (χ3n) is 1.99. The number of aryl methyl sites for hydroxylation is 1. The average Bonchev–Trinajstić information content (AvgIpc) is 2.14. The van der Waals surface area contributed by atoms with Crippen molar-refractivity contribution in [3.8, 4) is 0 Å². The lowest BCUT2D eigenvalue weighted by molar-refractivity contribution is -0.138. The smallest absolute Gasteiger partial charge is 0.298 e. The number of aldehydes is 1. The van der Waals surface area contributed by atoms with Crippen LogP contribution in [0.3, 0.4) is 0 Å². The van der Waals surface area contributed by atoms with E-state index >= 15 is 0 Å². The first-order valence-electron chi connectivity index (χ1n) is 4.14. The number of hydrogen-bond acceptors (Lipinski definition) is 2. The number of carbonyl (C=O) groups excluding carboxylic acids is 2. The number of hydrogen-bond donors (Lipinski definition) is 0. The number of halogens is 4. The van der Waals surface area contributed by atoms with Gasteiger partial charge in [-0.1, -0.05) is 0 Å². The van der Waals surface area contributed by atoms with E-state index < -0.39 is 22.5 Å². The molecule has 0 amide bonds. The van der Waals surface area contributed by atoms with Gasteiger partial charge in [-0.2, -0.15) is 13.2 Å². The molecule has 0 spiro atoms. The molecule has 0 aliphatic carbocycles. The molecular formula is C10H6ClF3O2.